The molecule has 0 amide bonds. The highest BCUT2D eigenvalue weighted by Gasteiger charge is 2.37. The van der Waals surface area contributed by atoms with Crippen LogP contribution in [-0.4, -0.2) is 23.3 Å². The summed E-state index contributed by atoms with van der Waals surface area (Å²) in [6.45, 7) is 5.78. The fourth-order valence-corrected chi connectivity index (χ4v) is 5.54. The van der Waals surface area contributed by atoms with Gasteiger partial charge in [-0.15, -0.1) is 11.3 Å². The first-order valence-electron chi connectivity index (χ1n) is 10.2. The third kappa shape index (κ3) is 3.73. The number of nitrogens with one attached hydrogen (secondary N) is 1. The largest absolute Gasteiger partial charge is 0.462 e. The van der Waals surface area contributed by atoms with Gasteiger partial charge < -0.3 is 10.1 Å². The predicted octanol–water partition coefficient (Wildman–Crippen LogP) is 4.85. The number of allylic oxidation sites excluding steroid dienone is 3. The van der Waals surface area contributed by atoms with Gasteiger partial charge >= 0.3 is 5.97 Å². The molecule has 0 radical (unpaired) electrons. The molecule has 2 aromatic rings. The minimum Gasteiger partial charge on any atom is -0.462 e. The van der Waals surface area contributed by atoms with Gasteiger partial charge in [0.25, 0.3) is 0 Å². The molecule has 2 aliphatic rings. The Labute approximate surface area is 174 Å². The molecule has 0 spiro atoms. The normalized spacial score (nSPS) is 20.3. The van der Waals surface area contributed by atoms with Crippen LogP contribution in [0.25, 0.3) is 10.2 Å². The summed E-state index contributed by atoms with van der Waals surface area (Å²) in [5, 5.41) is 6.23. The molecule has 0 bridgehead atoms. The van der Waals surface area contributed by atoms with Gasteiger partial charge in [0, 0.05) is 34.5 Å². The molecule has 3 heterocycles. The van der Waals surface area contributed by atoms with Crippen molar-refractivity contribution in [3.63, 3.8) is 0 Å². The highest BCUT2D eigenvalue weighted by molar-refractivity contribution is 7.16. The maximum Gasteiger partial charge on any atom is 0.336 e. The summed E-state index contributed by atoms with van der Waals surface area (Å²) >= 11 is 1.53. The Morgan fingerprint density at radius 2 is 1.93 bits per heavy atom. The van der Waals surface area contributed by atoms with E-state index in [4.69, 9.17) is 4.74 Å². The minimum atomic E-state index is -0.442. The van der Waals surface area contributed by atoms with Crippen molar-refractivity contribution in [1.82, 2.24) is 10.3 Å². The molecule has 0 aromatic carbocycles. The van der Waals surface area contributed by atoms with Crippen LogP contribution in [0.2, 0.25) is 0 Å². The lowest BCUT2D eigenvalue weighted by atomic mass is 9.79. The molecule has 1 aliphatic carbocycles. The summed E-state index contributed by atoms with van der Waals surface area (Å²) < 4.78 is 5.76. The second-order valence-electron chi connectivity index (χ2n) is 7.99. The minimum absolute atomic E-state index is 0.0446. The van der Waals surface area contributed by atoms with Crippen molar-refractivity contribution in [2.75, 3.05) is 6.61 Å². The first kappa shape index (κ1) is 19.8. The molecule has 1 N–H and O–H groups in total. The van der Waals surface area contributed by atoms with E-state index in [0.717, 1.165) is 40.0 Å². The molecular formula is C23H26N2O3S. The molecule has 5 nitrogen and oxygen atoms in total. The summed E-state index contributed by atoms with van der Waals surface area (Å²) in [5.74, 6) is -0.369. The van der Waals surface area contributed by atoms with E-state index >= 15 is 0 Å². The number of Topliss-reactive ketones (excluding diaryl/α,β-unsaturated/α-hetero) is 1. The molecule has 29 heavy (non-hydrogen) atoms. The molecule has 0 saturated heterocycles. The third-order valence-electron chi connectivity index (χ3n) is 5.98. The Balaban J connectivity index is 1.75. The van der Waals surface area contributed by atoms with Crippen LogP contribution in [-0.2, 0) is 14.3 Å². The van der Waals surface area contributed by atoms with E-state index in [9.17, 15) is 9.59 Å². The number of hydrogen-bond donors (Lipinski definition) is 1. The summed E-state index contributed by atoms with van der Waals surface area (Å²) in [5.41, 5.74) is 3.62. The zero-order valence-corrected chi connectivity index (χ0v) is 17.9. The molecule has 6 heteroatoms. The second kappa shape index (κ2) is 8.11. The quantitative estimate of drug-likeness (QED) is 0.714. The van der Waals surface area contributed by atoms with E-state index in [1.54, 1.807) is 13.1 Å². The van der Waals surface area contributed by atoms with E-state index in [0.29, 0.717) is 23.7 Å². The van der Waals surface area contributed by atoms with Crippen LogP contribution in [0.5, 0.6) is 0 Å². The lowest BCUT2D eigenvalue weighted by Crippen LogP contribution is -2.31. The highest BCUT2D eigenvalue weighted by Crippen LogP contribution is 2.43. The first-order valence-corrected chi connectivity index (χ1v) is 11.0. The lowest BCUT2D eigenvalue weighted by molar-refractivity contribution is -0.140. The Bertz CT molecular complexity index is 1030. The van der Waals surface area contributed by atoms with E-state index in [-0.39, 0.29) is 11.8 Å². The van der Waals surface area contributed by atoms with Crippen molar-refractivity contribution < 1.29 is 14.3 Å². The number of dihydropyridines is 1. The van der Waals surface area contributed by atoms with Crippen molar-refractivity contribution in [1.29, 1.82) is 0 Å². The highest BCUT2D eigenvalue weighted by atomic mass is 32.1. The smallest absolute Gasteiger partial charge is 0.336 e. The molecule has 152 valence electrons. The van der Waals surface area contributed by atoms with Crippen LogP contribution >= 0.6 is 11.3 Å². The van der Waals surface area contributed by atoms with E-state index in [1.165, 1.54) is 24.2 Å². The van der Waals surface area contributed by atoms with Crippen LogP contribution in [0.1, 0.15) is 57.9 Å². The predicted molar refractivity (Wildman–Crippen MR) is 114 cm³/mol. The molecule has 1 unspecified atom stereocenters. The van der Waals surface area contributed by atoms with Gasteiger partial charge in [-0.25, -0.2) is 9.78 Å². The lowest BCUT2D eigenvalue weighted by Gasteiger charge is -2.30. The van der Waals surface area contributed by atoms with E-state index in [1.807, 2.05) is 31.4 Å². The summed E-state index contributed by atoms with van der Waals surface area (Å²) in [6, 6.07) is 3.89. The molecule has 1 aliphatic heterocycles. The number of fused-ring (bicyclic) bond motifs is 1. The molecule has 2 aromatic heterocycles. The number of rotatable bonds is 5. The van der Waals surface area contributed by atoms with Gasteiger partial charge in [-0.3, -0.25) is 4.79 Å². The van der Waals surface area contributed by atoms with E-state index in [2.05, 4.69) is 10.3 Å². The summed E-state index contributed by atoms with van der Waals surface area (Å²) in [6.07, 6.45) is 6.41. The zero-order chi connectivity index (χ0) is 20.5. The maximum absolute atomic E-state index is 13.2. The fraction of sp³-hybridized carbons (Fsp3) is 0.435. The van der Waals surface area contributed by atoms with Gasteiger partial charge in [-0.05, 0) is 56.5 Å². The molecule has 4 rings (SSSR count). The number of ether oxygens (including phenoxy) is 1. The molecule has 1 fully saturated rings. The average molecular weight is 411 g/mol. The van der Waals surface area contributed by atoms with Crippen LogP contribution in [0.3, 0.4) is 0 Å². The first-order chi connectivity index (χ1) is 14.0. The van der Waals surface area contributed by atoms with E-state index < -0.39 is 5.92 Å². The second-order valence-corrected chi connectivity index (χ2v) is 8.85. The topological polar surface area (TPSA) is 68.3 Å². The van der Waals surface area contributed by atoms with Gasteiger partial charge in [0.05, 0.1) is 12.2 Å². The van der Waals surface area contributed by atoms with Gasteiger partial charge in [0.1, 0.15) is 4.83 Å². The SMILES string of the molecule is CC(=O)C1=C(C)NC(C)=C(C(=O)OCC2CCCC2)C1c1csc2ncccc12. The van der Waals surface area contributed by atoms with Crippen molar-refractivity contribution in [3.05, 3.63) is 51.8 Å². The number of aromatic nitrogens is 1. The number of thiophene rings is 1. The number of pyridine rings is 1. The summed E-state index contributed by atoms with van der Waals surface area (Å²) in [4.78, 5) is 31.2. The monoisotopic (exact) mass is 410 g/mol. The van der Waals surface area contributed by atoms with Crippen molar-refractivity contribution >= 4 is 33.3 Å². The zero-order valence-electron chi connectivity index (χ0n) is 17.1. The molecular weight excluding hydrogens is 384 g/mol. The average Bonchev–Trinajstić information content (AvgIpc) is 3.35. The number of carbonyl (C=O) groups is 2. The summed E-state index contributed by atoms with van der Waals surface area (Å²) in [7, 11) is 0. The van der Waals surface area contributed by atoms with Gasteiger partial charge in [-0.1, -0.05) is 18.9 Å². The molecule has 1 saturated carbocycles. The van der Waals surface area contributed by atoms with Crippen molar-refractivity contribution in [2.45, 2.75) is 52.4 Å². The Kier molecular flexibility index (Phi) is 5.54. The van der Waals surface area contributed by atoms with Gasteiger partial charge in [-0.2, -0.15) is 0 Å². The third-order valence-corrected chi connectivity index (χ3v) is 6.90. The number of nitrogens with zero attached hydrogens (tertiary/aromatic N) is 1. The number of hydrogen-bond acceptors (Lipinski definition) is 6. The molecule has 1 atom stereocenters. The van der Waals surface area contributed by atoms with Crippen molar-refractivity contribution in [3.8, 4) is 0 Å². The fourth-order valence-electron chi connectivity index (χ4n) is 4.60. The Morgan fingerprint density at radius 1 is 1.21 bits per heavy atom. The van der Waals surface area contributed by atoms with Gasteiger partial charge in [0.2, 0.25) is 0 Å². The van der Waals surface area contributed by atoms with Crippen LogP contribution in [0.4, 0.5) is 0 Å². The number of esters is 1. The van der Waals surface area contributed by atoms with Crippen LogP contribution in [0, 0.1) is 5.92 Å². The standard InChI is InChI=1S/C23H26N2O3S/c1-13-19(15(3)26)21(18-12-29-22-17(18)9-6-10-24-22)20(14(2)25-13)23(27)28-11-16-7-4-5-8-16/h6,9-10,12,16,21,25H,4-5,7-8,11H2,1-3H3. The number of carbonyl (C=O) groups excluding carboxylic acids is 2. The van der Waals surface area contributed by atoms with Crippen molar-refractivity contribution in [2.24, 2.45) is 5.92 Å². The Hall–Kier alpha value is -2.47. The van der Waals surface area contributed by atoms with Crippen LogP contribution in [0.15, 0.2) is 46.2 Å². The number of ketones is 1. The Morgan fingerprint density at radius 3 is 2.66 bits per heavy atom. The maximum atomic E-state index is 13.2. The van der Waals surface area contributed by atoms with Gasteiger partial charge in [0.15, 0.2) is 5.78 Å². The van der Waals surface area contributed by atoms with Crippen LogP contribution < -0.4 is 5.32 Å².